The summed E-state index contributed by atoms with van der Waals surface area (Å²) in [4.78, 5) is 31.2. The van der Waals surface area contributed by atoms with E-state index >= 15 is 0 Å². The molecule has 3 aromatic rings. The van der Waals surface area contributed by atoms with Crippen LogP contribution in [0.2, 0.25) is 0 Å². The van der Waals surface area contributed by atoms with Gasteiger partial charge >= 0.3 is 5.97 Å². The van der Waals surface area contributed by atoms with Crippen LogP contribution in [0, 0.1) is 18.3 Å². The van der Waals surface area contributed by atoms with Gasteiger partial charge in [0.2, 0.25) is 5.88 Å². The van der Waals surface area contributed by atoms with Crippen molar-refractivity contribution in [3.63, 3.8) is 0 Å². The van der Waals surface area contributed by atoms with Crippen LogP contribution in [0.3, 0.4) is 0 Å². The number of anilines is 2. The summed E-state index contributed by atoms with van der Waals surface area (Å²) < 4.78 is 11.1. The third-order valence-electron chi connectivity index (χ3n) is 6.33. The Morgan fingerprint density at radius 1 is 1.19 bits per heavy atom. The van der Waals surface area contributed by atoms with Gasteiger partial charge in [-0.2, -0.15) is 0 Å². The first kappa shape index (κ1) is 20.8. The van der Waals surface area contributed by atoms with Crippen molar-refractivity contribution in [3.8, 4) is 16.5 Å². The highest BCUT2D eigenvalue weighted by atomic mass is 32.1. The molecule has 9 heteroatoms. The number of ether oxygens (including phenoxy) is 2. The van der Waals surface area contributed by atoms with E-state index < -0.39 is 5.60 Å². The molecule has 2 aliphatic heterocycles. The number of aromatic nitrogens is 4. The molecular formula is C23H25N5O3S. The molecule has 0 spiro atoms. The SMILES string of the molecule is COc1cc(Nc2cc(C)cc(-c3cnc(C45CCC(C(=O)O4)C(C)(C)C5)s3)n2)ncn1. The fraction of sp³-hybridized carbons (Fsp3) is 0.435. The maximum Gasteiger partial charge on any atom is 0.310 e. The topological polar surface area (TPSA) is 99.1 Å². The number of esters is 1. The highest BCUT2D eigenvalue weighted by Gasteiger charge is 2.58. The fourth-order valence-corrected chi connectivity index (χ4v) is 5.87. The Balaban J connectivity index is 1.45. The normalized spacial score (nSPS) is 23.6. The van der Waals surface area contributed by atoms with Gasteiger partial charge in [0.15, 0.2) is 5.60 Å². The van der Waals surface area contributed by atoms with E-state index in [1.807, 2.05) is 25.3 Å². The van der Waals surface area contributed by atoms with Crippen LogP contribution in [0.5, 0.6) is 5.88 Å². The monoisotopic (exact) mass is 451 g/mol. The van der Waals surface area contributed by atoms with Crippen molar-refractivity contribution in [1.82, 2.24) is 19.9 Å². The highest BCUT2D eigenvalue weighted by Crippen LogP contribution is 2.57. The molecule has 1 aliphatic carbocycles. The minimum atomic E-state index is -0.624. The summed E-state index contributed by atoms with van der Waals surface area (Å²) in [6.07, 6.45) is 5.74. The zero-order valence-corrected chi connectivity index (χ0v) is 19.3. The predicted molar refractivity (Wildman–Crippen MR) is 121 cm³/mol. The molecule has 3 aliphatic rings. The van der Waals surface area contributed by atoms with Gasteiger partial charge in [0.25, 0.3) is 0 Å². The van der Waals surface area contributed by atoms with E-state index in [1.54, 1.807) is 24.5 Å². The third kappa shape index (κ3) is 3.60. The number of rotatable bonds is 5. The van der Waals surface area contributed by atoms with Crippen molar-refractivity contribution in [2.45, 2.75) is 45.6 Å². The van der Waals surface area contributed by atoms with Crippen LogP contribution >= 0.6 is 11.3 Å². The Bertz CT molecular complexity index is 1190. The van der Waals surface area contributed by atoms with E-state index in [9.17, 15) is 4.79 Å². The number of hydrogen-bond acceptors (Lipinski definition) is 9. The number of fused-ring (bicyclic) bond motifs is 3. The van der Waals surface area contributed by atoms with Gasteiger partial charge in [-0.15, -0.1) is 11.3 Å². The Kier molecular flexibility index (Phi) is 4.88. The minimum absolute atomic E-state index is 0.0173. The summed E-state index contributed by atoms with van der Waals surface area (Å²) in [5.74, 6) is 1.62. The van der Waals surface area contributed by atoms with Crippen molar-refractivity contribution in [2.24, 2.45) is 11.3 Å². The average molecular weight is 452 g/mol. The van der Waals surface area contributed by atoms with Crippen LogP contribution in [0.1, 0.15) is 43.7 Å². The summed E-state index contributed by atoms with van der Waals surface area (Å²) in [5.41, 5.74) is 1.15. The quantitative estimate of drug-likeness (QED) is 0.561. The van der Waals surface area contributed by atoms with Gasteiger partial charge in [-0.05, 0) is 49.3 Å². The molecule has 5 heterocycles. The van der Waals surface area contributed by atoms with Gasteiger partial charge < -0.3 is 14.8 Å². The van der Waals surface area contributed by atoms with Gasteiger partial charge in [-0.25, -0.2) is 19.9 Å². The number of pyridine rings is 1. The Labute approximate surface area is 190 Å². The Morgan fingerprint density at radius 3 is 2.78 bits per heavy atom. The summed E-state index contributed by atoms with van der Waals surface area (Å²) in [6, 6.07) is 5.68. The molecule has 32 heavy (non-hydrogen) atoms. The largest absolute Gasteiger partial charge is 0.481 e. The smallest absolute Gasteiger partial charge is 0.310 e. The molecule has 0 amide bonds. The Hall–Kier alpha value is -3.07. The highest BCUT2D eigenvalue weighted by molar-refractivity contribution is 7.15. The first-order valence-corrected chi connectivity index (χ1v) is 11.4. The minimum Gasteiger partial charge on any atom is -0.481 e. The molecule has 2 bridgehead atoms. The van der Waals surface area contributed by atoms with Gasteiger partial charge in [-0.1, -0.05) is 13.8 Å². The second kappa shape index (κ2) is 7.51. The summed E-state index contributed by atoms with van der Waals surface area (Å²) in [5, 5.41) is 4.07. The first-order chi connectivity index (χ1) is 15.3. The average Bonchev–Trinajstić information content (AvgIpc) is 3.24. The van der Waals surface area contributed by atoms with Crippen molar-refractivity contribution in [1.29, 1.82) is 0 Å². The lowest BCUT2D eigenvalue weighted by Gasteiger charge is -2.52. The van der Waals surface area contributed by atoms with Crippen molar-refractivity contribution in [2.75, 3.05) is 12.4 Å². The van der Waals surface area contributed by atoms with E-state index in [-0.39, 0.29) is 17.3 Å². The molecule has 0 radical (unpaired) electrons. The predicted octanol–water partition coefficient (Wildman–Crippen LogP) is 4.63. The fourth-order valence-electron chi connectivity index (χ4n) is 4.84. The lowest BCUT2D eigenvalue weighted by Crippen LogP contribution is -2.54. The van der Waals surface area contributed by atoms with Crippen LogP contribution in [-0.2, 0) is 15.1 Å². The number of carbonyl (C=O) groups excluding carboxylic acids is 1. The standard InChI is InChI=1S/C23H25N5O3S/c1-13-7-15(27-18(8-13)28-17-9-19(30-4)26-12-25-17)16-10-24-21(32-16)23-6-5-14(20(29)31-23)22(2,3)11-23/h7-10,12,14H,5-6,11H2,1-4H3,(H,25,26,27,28). The lowest BCUT2D eigenvalue weighted by atomic mass is 9.61. The number of aryl methyl sites for hydroxylation is 1. The van der Waals surface area contributed by atoms with E-state index in [1.165, 1.54) is 6.33 Å². The zero-order valence-electron chi connectivity index (χ0n) is 18.5. The molecule has 2 unspecified atom stereocenters. The van der Waals surface area contributed by atoms with E-state index in [4.69, 9.17) is 19.4 Å². The molecule has 1 saturated carbocycles. The maximum absolute atomic E-state index is 12.6. The van der Waals surface area contributed by atoms with Crippen molar-refractivity contribution < 1.29 is 14.3 Å². The van der Waals surface area contributed by atoms with E-state index in [0.717, 1.165) is 40.4 Å². The molecule has 3 aromatic heterocycles. The molecular weight excluding hydrogens is 426 g/mol. The Morgan fingerprint density at radius 2 is 2.03 bits per heavy atom. The second-order valence-electron chi connectivity index (χ2n) is 9.19. The number of methoxy groups -OCH3 is 1. The maximum atomic E-state index is 12.6. The van der Waals surface area contributed by atoms with Crippen LogP contribution in [0.4, 0.5) is 11.6 Å². The summed E-state index contributed by atoms with van der Waals surface area (Å²) >= 11 is 1.55. The first-order valence-electron chi connectivity index (χ1n) is 10.6. The number of thiazole rings is 1. The molecule has 8 nitrogen and oxygen atoms in total. The van der Waals surface area contributed by atoms with Crippen molar-refractivity contribution >= 4 is 28.9 Å². The number of hydrogen-bond donors (Lipinski definition) is 1. The molecule has 2 saturated heterocycles. The molecule has 3 fully saturated rings. The molecule has 0 aromatic carbocycles. The van der Waals surface area contributed by atoms with Gasteiger partial charge in [0.1, 0.15) is 23.0 Å². The van der Waals surface area contributed by atoms with Crippen LogP contribution in [0.25, 0.3) is 10.6 Å². The number of nitrogens with one attached hydrogen (secondary N) is 1. The summed E-state index contributed by atoms with van der Waals surface area (Å²) in [7, 11) is 1.56. The van der Waals surface area contributed by atoms with Gasteiger partial charge in [0.05, 0.1) is 23.6 Å². The van der Waals surface area contributed by atoms with E-state index in [2.05, 4.69) is 29.1 Å². The molecule has 6 rings (SSSR count). The van der Waals surface area contributed by atoms with Crippen LogP contribution in [-0.4, -0.2) is 33.0 Å². The van der Waals surface area contributed by atoms with Crippen LogP contribution < -0.4 is 10.1 Å². The molecule has 166 valence electrons. The second-order valence-corrected chi connectivity index (χ2v) is 10.2. The van der Waals surface area contributed by atoms with Gasteiger partial charge in [-0.3, -0.25) is 4.79 Å². The summed E-state index contributed by atoms with van der Waals surface area (Å²) in [6.45, 7) is 6.33. The molecule has 2 atom stereocenters. The molecule has 1 N–H and O–H groups in total. The van der Waals surface area contributed by atoms with Crippen LogP contribution in [0.15, 0.2) is 30.7 Å². The van der Waals surface area contributed by atoms with E-state index in [0.29, 0.717) is 17.5 Å². The zero-order chi connectivity index (χ0) is 22.5. The lowest BCUT2D eigenvalue weighted by molar-refractivity contribution is -0.209. The number of nitrogens with zero attached hydrogens (tertiary/aromatic N) is 4. The number of carbonyl (C=O) groups is 1. The van der Waals surface area contributed by atoms with Crippen molar-refractivity contribution in [3.05, 3.63) is 41.3 Å². The van der Waals surface area contributed by atoms with Gasteiger partial charge in [0, 0.05) is 12.3 Å². The third-order valence-corrected chi connectivity index (χ3v) is 7.53.